The molecular formula is C29H34FN3. The van der Waals surface area contributed by atoms with Gasteiger partial charge in [-0.2, -0.15) is 0 Å². The van der Waals surface area contributed by atoms with Gasteiger partial charge in [0.1, 0.15) is 5.82 Å². The average Bonchev–Trinajstić information content (AvgIpc) is 3.64. The summed E-state index contributed by atoms with van der Waals surface area (Å²) in [5, 5.41) is 0. The zero-order chi connectivity index (χ0) is 24.0. The van der Waals surface area contributed by atoms with Gasteiger partial charge in [-0.05, 0) is 61.5 Å². The highest BCUT2D eigenvalue weighted by Crippen LogP contribution is 2.39. The number of aliphatic imine (C=N–C) groups is 1. The number of benzene rings is 2. The first-order chi connectivity index (χ1) is 15.7. The van der Waals surface area contributed by atoms with Gasteiger partial charge >= 0.3 is 0 Å². The minimum absolute atomic E-state index is 0.292. The molecule has 4 heteroatoms. The topological polar surface area (TPSA) is 41.6 Å². The number of allylic oxidation sites excluding steroid dienone is 3. The van der Waals surface area contributed by atoms with Crippen molar-refractivity contribution in [1.82, 2.24) is 4.90 Å². The third kappa shape index (κ3) is 6.10. The molecule has 1 aliphatic carbocycles. The second kappa shape index (κ2) is 10.5. The molecule has 2 N–H and O–H groups in total. The van der Waals surface area contributed by atoms with E-state index in [0.717, 1.165) is 17.2 Å². The molecule has 2 aromatic rings. The van der Waals surface area contributed by atoms with Gasteiger partial charge in [0.15, 0.2) is 5.96 Å². The van der Waals surface area contributed by atoms with Crippen molar-refractivity contribution in [2.24, 2.45) is 10.7 Å². The van der Waals surface area contributed by atoms with Gasteiger partial charge in [0.05, 0.1) is 5.54 Å². The largest absolute Gasteiger partial charge is 0.370 e. The molecular weight excluding hydrogens is 409 g/mol. The van der Waals surface area contributed by atoms with Crippen molar-refractivity contribution >= 4 is 11.5 Å². The Morgan fingerprint density at radius 2 is 1.79 bits per heavy atom. The maximum atomic E-state index is 14.0. The Bertz CT molecular complexity index is 1090. The molecule has 172 valence electrons. The summed E-state index contributed by atoms with van der Waals surface area (Å²) in [7, 11) is 1.85. The van der Waals surface area contributed by atoms with Gasteiger partial charge in [0.2, 0.25) is 0 Å². The lowest BCUT2D eigenvalue weighted by atomic mass is 9.84. The van der Waals surface area contributed by atoms with Crippen LogP contribution in [-0.2, 0) is 0 Å². The van der Waals surface area contributed by atoms with Crippen LogP contribution < -0.4 is 5.73 Å². The maximum absolute atomic E-state index is 14.0. The van der Waals surface area contributed by atoms with Crippen molar-refractivity contribution < 1.29 is 4.39 Å². The van der Waals surface area contributed by atoms with E-state index in [1.807, 2.05) is 39.1 Å². The molecule has 1 atom stereocenters. The van der Waals surface area contributed by atoms with Crippen molar-refractivity contribution in [2.75, 3.05) is 7.05 Å². The molecule has 1 saturated carbocycles. The van der Waals surface area contributed by atoms with Crippen LogP contribution in [0.2, 0.25) is 0 Å². The SMILES string of the molecule is C=C(/C=C(\C=C/C)[C@]1(C)CC(=C)N(C)C(N)=N1)c1ccccc1F.c1ccc(C2CC2)cc1. The molecule has 0 bridgehead atoms. The lowest BCUT2D eigenvalue weighted by Crippen LogP contribution is -2.44. The zero-order valence-corrected chi connectivity index (χ0v) is 19.9. The highest BCUT2D eigenvalue weighted by Gasteiger charge is 2.34. The fourth-order valence-electron chi connectivity index (χ4n) is 3.90. The van der Waals surface area contributed by atoms with E-state index in [2.05, 4.69) is 48.5 Å². The van der Waals surface area contributed by atoms with Crippen molar-refractivity contribution in [1.29, 1.82) is 0 Å². The molecule has 2 aliphatic rings. The summed E-state index contributed by atoms with van der Waals surface area (Å²) >= 11 is 0. The van der Waals surface area contributed by atoms with Crippen molar-refractivity contribution in [3.05, 3.63) is 114 Å². The number of guanidine groups is 1. The van der Waals surface area contributed by atoms with E-state index in [1.54, 1.807) is 23.1 Å². The second-order valence-electron chi connectivity index (χ2n) is 8.84. The lowest BCUT2D eigenvalue weighted by Gasteiger charge is -2.37. The molecule has 0 unspecified atom stereocenters. The van der Waals surface area contributed by atoms with E-state index in [4.69, 9.17) is 5.73 Å². The van der Waals surface area contributed by atoms with Gasteiger partial charge in [-0.25, -0.2) is 9.38 Å². The van der Waals surface area contributed by atoms with Crippen molar-refractivity contribution in [2.45, 2.75) is 44.6 Å². The van der Waals surface area contributed by atoms with Crippen LogP contribution in [0.25, 0.3) is 5.57 Å². The van der Waals surface area contributed by atoms with Crippen LogP contribution in [0, 0.1) is 5.82 Å². The van der Waals surface area contributed by atoms with Crippen LogP contribution in [0.4, 0.5) is 4.39 Å². The smallest absolute Gasteiger partial charge is 0.196 e. The standard InChI is InChI=1S/C20H24FN3.C9H10/c1-6-9-16(12-14(2)17-10-7-8-11-18(17)21)20(4)13-15(3)24(5)19(22)23-20;1-2-4-8(5-3-1)9-6-7-9/h6-12H,2-3,13H2,1,4-5H3,(H2,22,23);1-5,9H,6-7H2/b9-6-,16-12+;/t20-;/m0./s1. The van der Waals surface area contributed by atoms with Crippen molar-refractivity contribution in [3.63, 3.8) is 0 Å². The Morgan fingerprint density at radius 3 is 2.36 bits per heavy atom. The van der Waals surface area contributed by atoms with Gasteiger partial charge in [0.25, 0.3) is 0 Å². The Hall–Kier alpha value is -3.40. The summed E-state index contributed by atoms with van der Waals surface area (Å²) in [6.07, 6.45) is 9.20. The number of rotatable bonds is 5. The van der Waals surface area contributed by atoms with Gasteiger partial charge in [-0.15, -0.1) is 0 Å². The van der Waals surface area contributed by atoms with E-state index in [0.29, 0.717) is 23.5 Å². The van der Waals surface area contributed by atoms with E-state index in [1.165, 1.54) is 24.5 Å². The fourth-order valence-corrected chi connectivity index (χ4v) is 3.90. The van der Waals surface area contributed by atoms with Crippen LogP contribution in [0.1, 0.15) is 50.2 Å². The summed E-state index contributed by atoms with van der Waals surface area (Å²) < 4.78 is 14.0. The molecule has 33 heavy (non-hydrogen) atoms. The predicted octanol–water partition coefficient (Wildman–Crippen LogP) is 6.83. The van der Waals surface area contributed by atoms with E-state index in [-0.39, 0.29) is 5.82 Å². The molecule has 0 radical (unpaired) electrons. The first-order valence-corrected chi connectivity index (χ1v) is 11.4. The summed E-state index contributed by atoms with van der Waals surface area (Å²) in [5.74, 6) is 1.03. The maximum Gasteiger partial charge on any atom is 0.196 e. The van der Waals surface area contributed by atoms with Gasteiger partial charge in [-0.3, -0.25) is 0 Å². The first kappa shape index (κ1) is 24.2. The lowest BCUT2D eigenvalue weighted by molar-refractivity contribution is 0.440. The second-order valence-corrected chi connectivity index (χ2v) is 8.84. The molecule has 0 spiro atoms. The highest BCUT2D eigenvalue weighted by molar-refractivity contribution is 5.82. The highest BCUT2D eigenvalue weighted by atomic mass is 19.1. The van der Waals surface area contributed by atoms with Gasteiger partial charge in [0, 0.05) is 24.7 Å². The Balaban J connectivity index is 0.000000280. The Morgan fingerprint density at radius 1 is 1.15 bits per heavy atom. The monoisotopic (exact) mass is 443 g/mol. The molecule has 3 nitrogen and oxygen atoms in total. The molecule has 2 aromatic carbocycles. The Labute approximate surface area is 197 Å². The van der Waals surface area contributed by atoms with Crippen LogP contribution >= 0.6 is 0 Å². The van der Waals surface area contributed by atoms with E-state index < -0.39 is 5.54 Å². The number of hydrogen-bond donors (Lipinski definition) is 1. The molecule has 4 rings (SSSR count). The van der Waals surface area contributed by atoms with Crippen LogP contribution in [0.3, 0.4) is 0 Å². The van der Waals surface area contributed by atoms with Crippen LogP contribution in [-0.4, -0.2) is 23.4 Å². The molecule has 1 heterocycles. The normalized spacial score (nSPS) is 20.8. The number of hydrogen-bond acceptors (Lipinski definition) is 3. The van der Waals surface area contributed by atoms with Gasteiger partial charge < -0.3 is 10.6 Å². The molecule has 0 amide bonds. The minimum Gasteiger partial charge on any atom is -0.370 e. The van der Waals surface area contributed by atoms with E-state index >= 15 is 0 Å². The first-order valence-electron chi connectivity index (χ1n) is 11.4. The number of nitrogens with two attached hydrogens (primary N) is 1. The molecule has 0 aromatic heterocycles. The number of nitrogens with zero attached hydrogens (tertiary/aromatic N) is 2. The summed E-state index contributed by atoms with van der Waals surface area (Å²) in [4.78, 5) is 6.42. The molecule has 1 fully saturated rings. The van der Waals surface area contributed by atoms with Gasteiger partial charge in [-0.1, -0.05) is 73.8 Å². The minimum atomic E-state index is -0.561. The summed E-state index contributed by atoms with van der Waals surface area (Å²) in [5.41, 5.74) is 9.86. The third-order valence-electron chi connectivity index (χ3n) is 6.09. The van der Waals surface area contributed by atoms with Crippen molar-refractivity contribution in [3.8, 4) is 0 Å². The third-order valence-corrected chi connectivity index (χ3v) is 6.09. The Kier molecular flexibility index (Phi) is 7.70. The average molecular weight is 444 g/mol. The fraction of sp³-hybridized carbons (Fsp3) is 0.276. The summed E-state index contributed by atoms with van der Waals surface area (Å²) in [6.45, 7) is 12.0. The van der Waals surface area contributed by atoms with Crippen LogP contribution in [0.15, 0.2) is 102 Å². The molecule has 1 aliphatic heterocycles. The van der Waals surface area contributed by atoms with Crippen LogP contribution in [0.5, 0.6) is 0 Å². The molecule has 0 saturated heterocycles. The number of halogens is 1. The zero-order valence-electron chi connectivity index (χ0n) is 19.9. The predicted molar refractivity (Wildman–Crippen MR) is 138 cm³/mol. The quantitative estimate of drug-likeness (QED) is 0.515. The summed E-state index contributed by atoms with van der Waals surface area (Å²) in [6, 6.07) is 17.4. The van der Waals surface area contributed by atoms with E-state index in [9.17, 15) is 4.39 Å².